The molecule has 1 aromatic heterocycles. The highest BCUT2D eigenvalue weighted by atomic mass is 79.9. The van der Waals surface area contributed by atoms with Crippen LogP contribution in [0.2, 0.25) is 0 Å². The lowest BCUT2D eigenvalue weighted by Gasteiger charge is -2.08. The molecule has 0 saturated heterocycles. The van der Waals surface area contributed by atoms with Crippen molar-refractivity contribution in [3.05, 3.63) is 51.8 Å². The van der Waals surface area contributed by atoms with Crippen LogP contribution in [0.1, 0.15) is 23.4 Å². The van der Waals surface area contributed by atoms with Crippen LogP contribution in [-0.4, -0.2) is 24.7 Å². The van der Waals surface area contributed by atoms with E-state index < -0.39 is 21.9 Å². The largest absolute Gasteiger partial charge is 0.436 e. The van der Waals surface area contributed by atoms with Gasteiger partial charge in [0.05, 0.1) is 15.9 Å². The third kappa shape index (κ3) is 5.55. The van der Waals surface area contributed by atoms with Crippen LogP contribution in [0.25, 0.3) is 0 Å². The molecule has 2 rings (SSSR count). The summed E-state index contributed by atoms with van der Waals surface area (Å²) in [6.45, 7) is 1.81. The maximum Gasteiger partial charge on any atom is 0.436 e. The summed E-state index contributed by atoms with van der Waals surface area (Å²) in [6.07, 6.45) is -4.22. The monoisotopic (exact) mass is 439 g/mol. The van der Waals surface area contributed by atoms with Crippen LogP contribution >= 0.6 is 15.9 Å². The molecule has 5 nitrogen and oxygen atoms in total. The van der Waals surface area contributed by atoms with Gasteiger partial charge in [-0.1, -0.05) is 30.3 Å². The van der Waals surface area contributed by atoms with Crippen molar-refractivity contribution in [1.29, 1.82) is 0 Å². The van der Waals surface area contributed by atoms with Crippen molar-refractivity contribution in [2.75, 3.05) is 6.54 Å². The van der Waals surface area contributed by atoms with Gasteiger partial charge in [-0.05, 0) is 34.8 Å². The third-order valence-corrected chi connectivity index (χ3v) is 5.78. The van der Waals surface area contributed by atoms with Gasteiger partial charge in [0, 0.05) is 13.1 Å². The lowest BCUT2D eigenvalue weighted by Crippen LogP contribution is -2.27. The summed E-state index contributed by atoms with van der Waals surface area (Å²) in [5.74, 6) is -0.140. The highest BCUT2D eigenvalue weighted by Crippen LogP contribution is 2.35. The molecule has 0 bridgehead atoms. The van der Waals surface area contributed by atoms with E-state index in [2.05, 4.69) is 25.8 Å². The highest BCUT2D eigenvalue weighted by Gasteiger charge is 2.37. The first-order valence-corrected chi connectivity index (χ1v) is 9.86. The molecule has 0 aliphatic heterocycles. The minimum absolute atomic E-state index is 0.0929. The van der Waals surface area contributed by atoms with Crippen LogP contribution in [-0.2, 0) is 28.5 Å². The van der Waals surface area contributed by atoms with Crippen molar-refractivity contribution in [3.63, 3.8) is 0 Å². The number of aromatic nitrogens is 2. The van der Waals surface area contributed by atoms with Gasteiger partial charge in [0.1, 0.15) is 0 Å². The number of sulfonamides is 1. The first-order chi connectivity index (χ1) is 11.6. The van der Waals surface area contributed by atoms with Gasteiger partial charge >= 0.3 is 6.18 Å². The molecule has 0 fully saturated rings. The summed E-state index contributed by atoms with van der Waals surface area (Å²) >= 11 is 2.90. The van der Waals surface area contributed by atoms with E-state index in [1.165, 1.54) is 11.6 Å². The molecule has 0 radical (unpaired) electrons. The zero-order valence-corrected chi connectivity index (χ0v) is 15.7. The van der Waals surface area contributed by atoms with Crippen LogP contribution in [0.3, 0.4) is 0 Å². The number of aryl methyl sites for hydroxylation is 1. The van der Waals surface area contributed by atoms with Crippen LogP contribution in [0.4, 0.5) is 13.2 Å². The Balaban J connectivity index is 1.89. The van der Waals surface area contributed by atoms with E-state index in [4.69, 9.17) is 0 Å². The maximum atomic E-state index is 12.8. The average Bonchev–Trinajstić information content (AvgIpc) is 2.80. The van der Waals surface area contributed by atoms with Crippen molar-refractivity contribution in [1.82, 2.24) is 14.5 Å². The van der Waals surface area contributed by atoms with E-state index >= 15 is 0 Å². The predicted octanol–water partition coefficient (Wildman–Crippen LogP) is 3.48. The van der Waals surface area contributed by atoms with Gasteiger partial charge in [0.15, 0.2) is 5.69 Å². The van der Waals surface area contributed by atoms with Crippen molar-refractivity contribution in [2.24, 2.45) is 0 Å². The lowest BCUT2D eigenvalue weighted by atomic mass is 10.2. The normalized spacial score (nSPS) is 12.5. The standard InChI is InChI=1S/C15H17BrF3N3O2S/c1-11-13(16)14(15(17,18)19)21-22(11)9-5-8-20-25(23,24)10-12-6-3-2-4-7-12/h2-4,6-7,20H,5,8-10H2,1H3. The summed E-state index contributed by atoms with van der Waals surface area (Å²) < 4.78 is 65.9. The van der Waals surface area contributed by atoms with Crippen LogP contribution < -0.4 is 4.72 Å². The zero-order valence-electron chi connectivity index (χ0n) is 13.3. The second kappa shape index (κ2) is 7.88. The Kier molecular flexibility index (Phi) is 6.28. The van der Waals surface area contributed by atoms with Gasteiger partial charge in [-0.3, -0.25) is 4.68 Å². The number of hydrogen-bond donors (Lipinski definition) is 1. The fourth-order valence-corrected chi connectivity index (χ4v) is 3.92. The minimum Gasteiger partial charge on any atom is -0.268 e. The van der Waals surface area contributed by atoms with Crippen molar-refractivity contribution >= 4 is 26.0 Å². The molecule has 10 heteroatoms. The van der Waals surface area contributed by atoms with E-state index in [1.54, 1.807) is 30.3 Å². The number of nitrogens with one attached hydrogen (secondary N) is 1. The van der Waals surface area contributed by atoms with E-state index in [1.807, 2.05) is 0 Å². The molecule has 1 heterocycles. The second-order valence-corrected chi connectivity index (χ2v) is 8.06. The van der Waals surface area contributed by atoms with Crippen LogP contribution in [0, 0.1) is 6.92 Å². The molecule has 0 spiro atoms. The highest BCUT2D eigenvalue weighted by molar-refractivity contribution is 9.10. The summed E-state index contributed by atoms with van der Waals surface area (Å²) in [5.41, 5.74) is 0.0331. The molecule has 1 N–H and O–H groups in total. The molecule has 0 unspecified atom stereocenters. The summed E-state index contributed by atoms with van der Waals surface area (Å²) in [5, 5.41) is 3.55. The van der Waals surface area contributed by atoms with Gasteiger partial charge < -0.3 is 0 Å². The van der Waals surface area contributed by atoms with E-state index in [-0.39, 0.29) is 23.3 Å². The fourth-order valence-electron chi connectivity index (χ4n) is 2.22. The molecule has 138 valence electrons. The predicted molar refractivity (Wildman–Crippen MR) is 91.4 cm³/mol. The molecule has 0 amide bonds. The lowest BCUT2D eigenvalue weighted by molar-refractivity contribution is -0.142. The van der Waals surface area contributed by atoms with Crippen molar-refractivity contribution < 1.29 is 21.6 Å². The summed E-state index contributed by atoms with van der Waals surface area (Å²) in [7, 11) is -3.49. The van der Waals surface area contributed by atoms with Crippen molar-refractivity contribution in [3.8, 4) is 0 Å². The molecule has 1 aromatic carbocycles. The topological polar surface area (TPSA) is 64.0 Å². The fraction of sp³-hybridized carbons (Fsp3) is 0.400. The second-order valence-electron chi connectivity index (χ2n) is 5.46. The molecule has 0 atom stereocenters. The third-order valence-electron chi connectivity index (χ3n) is 3.47. The van der Waals surface area contributed by atoms with E-state index in [9.17, 15) is 21.6 Å². The Morgan fingerprint density at radius 1 is 1.24 bits per heavy atom. The van der Waals surface area contributed by atoms with Gasteiger partial charge in [-0.2, -0.15) is 18.3 Å². The Morgan fingerprint density at radius 2 is 1.88 bits per heavy atom. The first-order valence-electron chi connectivity index (χ1n) is 7.41. The van der Waals surface area contributed by atoms with Crippen molar-refractivity contribution in [2.45, 2.75) is 31.8 Å². The molecule has 0 saturated carbocycles. The van der Waals surface area contributed by atoms with E-state index in [0.29, 0.717) is 17.7 Å². The number of rotatable bonds is 7. The maximum absolute atomic E-state index is 12.8. The smallest absolute Gasteiger partial charge is 0.268 e. The molecule has 0 aliphatic carbocycles. The molecule has 0 aliphatic rings. The van der Waals surface area contributed by atoms with Gasteiger partial charge in [0.2, 0.25) is 10.0 Å². The molecule has 25 heavy (non-hydrogen) atoms. The average molecular weight is 440 g/mol. The van der Waals surface area contributed by atoms with Gasteiger partial charge in [0.25, 0.3) is 0 Å². The Morgan fingerprint density at radius 3 is 2.44 bits per heavy atom. The Bertz CT molecular complexity index is 821. The summed E-state index contributed by atoms with van der Waals surface area (Å²) in [4.78, 5) is 0. The first kappa shape index (κ1) is 19.9. The molecular weight excluding hydrogens is 423 g/mol. The zero-order chi connectivity index (χ0) is 18.7. The number of benzene rings is 1. The SMILES string of the molecule is Cc1c(Br)c(C(F)(F)F)nn1CCCNS(=O)(=O)Cc1ccccc1. The van der Waals surface area contributed by atoms with E-state index in [0.717, 1.165) is 0 Å². The van der Waals surface area contributed by atoms with Gasteiger partial charge in [-0.25, -0.2) is 13.1 Å². The van der Waals surface area contributed by atoms with Gasteiger partial charge in [-0.15, -0.1) is 0 Å². The minimum atomic E-state index is -4.54. The Hall–Kier alpha value is -1.39. The van der Waals surface area contributed by atoms with Crippen LogP contribution in [0.15, 0.2) is 34.8 Å². The Labute approximate surface area is 152 Å². The number of halogens is 4. The number of nitrogens with zero attached hydrogens (tertiary/aromatic N) is 2. The number of hydrogen-bond acceptors (Lipinski definition) is 3. The quantitative estimate of drug-likeness (QED) is 0.671. The molecule has 2 aromatic rings. The number of alkyl halides is 3. The summed E-state index contributed by atoms with van der Waals surface area (Å²) in [6, 6.07) is 8.72. The molecular formula is C15H17BrF3N3O2S. The van der Waals surface area contributed by atoms with Crippen LogP contribution in [0.5, 0.6) is 0 Å².